The topological polar surface area (TPSA) is 100 Å². The smallest absolute Gasteiger partial charge is 0.240 e. The number of nitrogens with one attached hydrogen (secondary N) is 2. The molecule has 1 aromatic carbocycles. The first kappa shape index (κ1) is 23.4. The van der Waals surface area contributed by atoms with Crippen molar-refractivity contribution in [3.63, 3.8) is 0 Å². The van der Waals surface area contributed by atoms with E-state index in [2.05, 4.69) is 41.5 Å². The van der Waals surface area contributed by atoms with E-state index in [-0.39, 0.29) is 17.9 Å². The number of unbranched alkanes of at least 4 members (excludes halogenated alkanes) is 4. The summed E-state index contributed by atoms with van der Waals surface area (Å²) < 4.78 is 5.41. The van der Waals surface area contributed by atoms with E-state index < -0.39 is 12.1 Å². The minimum Gasteiger partial charge on any atom is -0.391 e. The molecule has 0 radical (unpaired) electrons. The maximum atomic E-state index is 12.6. The molecule has 2 aromatic rings. The Balaban J connectivity index is 1.60. The number of aryl methyl sites for hydroxylation is 1. The van der Waals surface area contributed by atoms with Gasteiger partial charge in [0.1, 0.15) is 6.04 Å². The summed E-state index contributed by atoms with van der Waals surface area (Å²) >= 11 is 0. The highest BCUT2D eigenvalue weighted by Gasteiger charge is 2.32. The van der Waals surface area contributed by atoms with E-state index in [1.54, 1.807) is 0 Å². The van der Waals surface area contributed by atoms with Crippen LogP contribution in [0.1, 0.15) is 76.8 Å². The quantitative estimate of drug-likeness (QED) is 0.471. The molecule has 0 spiro atoms. The molecule has 7 nitrogen and oxygen atoms in total. The number of nitrogens with zero attached hydrogens (tertiary/aromatic N) is 2. The van der Waals surface area contributed by atoms with Crippen LogP contribution in [-0.2, 0) is 11.2 Å². The van der Waals surface area contributed by atoms with E-state index in [9.17, 15) is 9.90 Å². The summed E-state index contributed by atoms with van der Waals surface area (Å²) in [7, 11) is 0. The standard InChI is InChI=1S/C24H36N4O3/c1-4-5-6-7-8-9-20-26-23(28-31-20)18-12-10-17(11-13-18)21(16(2)3)27-24(30)22-19(29)14-15-25-22/h10-13,16,19,21-22,25,29H,4-9,14-15H2,1-3H3,(H,27,30)/t19-,21-,22-/m0/s1. The van der Waals surface area contributed by atoms with E-state index in [4.69, 9.17) is 4.52 Å². The highest BCUT2D eigenvalue weighted by molar-refractivity contribution is 5.83. The molecule has 7 heteroatoms. The largest absolute Gasteiger partial charge is 0.391 e. The summed E-state index contributed by atoms with van der Waals surface area (Å²) in [5, 5.41) is 20.3. The summed E-state index contributed by atoms with van der Waals surface area (Å²) in [6.45, 7) is 7.02. The van der Waals surface area contributed by atoms with Gasteiger partial charge in [-0.1, -0.05) is 75.9 Å². The van der Waals surface area contributed by atoms with Crippen molar-refractivity contribution in [2.75, 3.05) is 6.54 Å². The second kappa shape index (κ2) is 11.4. The molecule has 0 unspecified atom stereocenters. The molecule has 31 heavy (non-hydrogen) atoms. The highest BCUT2D eigenvalue weighted by Crippen LogP contribution is 2.25. The number of aliphatic hydroxyl groups is 1. The van der Waals surface area contributed by atoms with Gasteiger partial charge in [0.15, 0.2) is 0 Å². The fraction of sp³-hybridized carbons (Fsp3) is 0.625. The molecule has 0 bridgehead atoms. The number of hydrogen-bond acceptors (Lipinski definition) is 6. The Labute approximate surface area is 185 Å². The van der Waals surface area contributed by atoms with Crippen molar-refractivity contribution in [3.8, 4) is 11.4 Å². The van der Waals surface area contributed by atoms with E-state index in [0.29, 0.717) is 24.7 Å². The average molecular weight is 429 g/mol. The molecule has 3 N–H and O–H groups in total. The van der Waals surface area contributed by atoms with Crippen LogP contribution < -0.4 is 10.6 Å². The number of carbonyl (C=O) groups is 1. The van der Waals surface area contributed by atoms with E-state index in [0.717, 1.165) is 24.0 Å². The third-order valence-electron chi connectivity index (χ3n) is 5.93. The van der Waals surface area contributed by atoms with Gasteiger partial charge in [-0.15, -0.1) is 0 Å². The predicted octanol–water partition coefficient (Wildman–Crippen LogP) is 3.79. The first-order valence-corrected chi connectivity index (χ1v) is 11.6. The normalized spacial score (nSPS) is 19.6. The lowest BCUT2D eigenvalue weighted by Crippen LogP contribution is -2.47. The van der Waals surface area contributed by atoms with Crippen molar-refractivity contribution in [1.29, 1.82) is 0 Å². The molecule has 1 aromatic heterocycles. The fourth-order valence-electron chi connectivity index (χ4n) is 4.03. The van der Waals surface area contributed by atoms with Crippen LogP contribution >= 0.6 is 0 Å². The average Bonchev–Trinajstić information content (AvgIpc) is 3.41. The van der Waals surface area contributed by atoms with Crippen LogP contribution in [-0.4, -0.2) is 39.8 Å². The van der Waals surface area contributed by atoms with Gasteiger partial charge < -0.3 is 20.3 Å². The van der Waals surface area contributed by atoms with Gasteiger partial charge in [-0.25, -0.2) is 0 Å². The molecule has 2 heterocycles. The Bertz CT molecular complexity index is 818. The van der Waals surface area contributed by atoms with E-state index >= 15 is 0 Å². The Morgan fingerprint density at radius 3 is 2.61 bits per heavy atom. The number of aliphatic hydroxyl groups excluding tert-OH is 1. The Morgan fingerprint density at radius 2 is 1.97 bits per heavy atom. The molecule has 1 aliphatic heterocycles. The molecule has 1 saturated heterocycles. The van der Waals surface area contributed by atoms with E-state index in [1.807, 2.05) is 24.3 Å². The zero-order chi connectivity index (χ0) is 22.2. The molecule has 3 atom stereocenters. The fourth-order valence-corrected chi connectivity index (χ4v) is 4.03. The first-order chi connectivity index (χ1) is 15.0. The van der Waals surface area contributed by atoms with Crippen LogP contribution in [0.3, 0.4) is 0 Å². The van der Waals surface area contributed by atoms with Crippen LogP contribution in [0.25, 0.3) is 11.4 Å². The zero-order valence-corrected chi connectivity index (χ0v) is 18.9. The monoisotopic (exact) mass is 428 g/mol. The molecule has 1 aliphatic rings. The second-order valence-electron chi connectivity index (χ2n) is 8.82. The van der Waals surface area contributed by atoms with Crippen LogP contribution in [0.2, 0.25) is 0 Å². The van der Waals surface area contributed by atoms with Crippen molar-refractivity contribution < 1.29 is 14.4 Å². The van der Waals surface area contributed by atoms with Crippen molar-refractivity contribution in [1.82, 2.24) is 20.8 Å². The van der Waals surface area contributed by atoms with Gasteiger partial charge in [0.05, 0.1) is 12.1 Å². The molecule has 170 valence electrons. The maximum Gasteiger partial charge on any atom is 0.240 e. The van der Waals surface area contributed by atoms with Crippen LogP contribution in [0.4, 0.5) is 0 Å². The van der Waals surface area contributed by atoms with Gasteiger partial charge in [0.2, 0.25) is 17.6 Å². The molecule has 1 amide bonds. The first-order valence-electron chi connectivity index (χ1n) is 11.6. The molecule has 1 fully saturated rings. The summed E-state index contributed by atoms with van der Waals surface area (Å²) in [5.41, 5.74) is 1.91. The van der Waals surface area contributed by atoms with Crippen molar-refractivity contribution >= 4 is 5.91 Å². The number of amides is 1. The maximum absolute atomic E-state index is 12.6. The summed E-state index contributed by atoms with van der Waals surface area (Å²) in [6, 6.07) is 7.25. The number of benzene rings is 1. The van der Waals surface area contributed by atoms with Gasteiger partial charge >= 0.3 is 0 Å². The third kappa shape index (κ3) is 6.37. The van der Waals surface area contributed by atoms with Crippen LogP contribution in [0.5, 0.6) is 0 Å². The third-order valence-corrected chi connectivity index (χ3v) is 5.93. The lowest BCUT2D eigenvalue weighted by atomic mass is 9.94. The van der Waals surface area contributed by atoms with E-state index in [1.165, 1.54) is 25.7 Å². The van der Waals surface area contributed by atoms with Gasteiger partial charge in [-0.3, -0.25) is 4.79 Å². The van der Waals surface area contributed by atoms with Crippen LogP contribution in [0, 0.1) is 5.92 Å². The zero-order valence-electron chi connectivity index (χ0n) is 18.9. The minimum absolute atomic E-state index is 0.139. The van der Waals surface area contributed by atoms with Gasteiger partial charge in [0, 0.05) is 12.0 Å². The van der Waals surface area contributed by atoms with Crippen LogP contribution in [0.15, 0.2) is 28.8 Å². The summed E-state index contributed by atoms with van der Waals surface area (Å²) in [6.07, 6.45) is 6.81. The molecular formula is C24H36N4O3. The molecule has 3 rings (SSSR count). The van der Waals surface area contributed by atoms with Gasteiger partial charge in [0.25, 0.3) is 0 Å². The van der Waals surface area contributed by atoms with Gasteiger partial charge in [-0.2, -0.15) is 4.98 Å². The van der Waals surface area contributed by atoms with Crippen molar-refractivity contribution in [2.45, 2.75) is 83.9 Å². The number of carbonyl (C=O) groups excluding carboxylic acids is 1. The lowest BCUT2D eigenvalue weighted by molar-refractivity contribution is -0.125. The molecular weight excluding hydrogens is 392 g/mol. The number of hydrogen-bond donors (Lipinski definition) is 3. The Morgan fingerprint density at radius 1 is 1.23 bits per heavy atom. The highest BCUT2D eigenvalue weighted by atomic mass is 16.5. The van der Waals surface area contributed by atoms with Crippen molar-refractivity contribution in [2.24, 2.45) is 5.92 Å². The molecule has 0 aliphatic carbocycles. The lowest BCUT2D eigenvalue weighted by Gasteiger charge is -2.25. The van der Waals surface area contributed by atoms with Gasteiger partial charge in [-0.05, 0) is 30.9 Å². The SMILES string of the molecule is CCCCCCCc1nc(-c2ccc([C@@H](NC(=O)[C@H]3NCC[C@@H]3O)C(C)C)cc2)no1. The summed E-state index contributed by atoms with van der Waals surface area (Å²) in [5.74, 6) is 1.33. The second-order valence-corrected chi connectivity index (χ2v) is 8.82. The Hall–Kier alpha value is -2.25. The number of aromatic nitrogens is 2. The number of rotatable bonds is 11. The van der Waals surface area contributed by atoms with Crippen molar-refractivity contribution in [3.05, 3.63) is 35.7 Å². The minimum atomic E-state index is -0.630. The molecule has 0 saturated carbocycles. The summed E-state index contributed by atoms with van der Waals surface area (Å²) in [4.78, 5) is 17.1. The predicted molar refractivity (Wildman–Crippen MR) is 120 cm³/mol. The Kier molecular flexibility index (Phi) is 8.60.